The third-order valence-electron chi connectivity index (χ3n) is 3.60. The van der Waals surface area contributed by atoms with Crippen LogP contribution in [0.15, 0.2) is 51.1 Å². The lowest BCUT2D eigenvalue weighted by Gasteiger charge is -2.00. The van der Waals surface area contributed by atoms with Crippen molar-refractivity contribution in [1.82, 2.24) is 4.57 Å². The lowest BCUT2D eigenvalue weighted by atomic mass is 10.1. The molecule has 0 radical (unpaired) electrons. The lowest BCUT2D eigenvalue weighted by Crippen LogP contribution is -1.96. The fraction of sp³-hybridized carbons (Fsp3) is 0.0625. The number of hydrogen-bond donors (Lipinski definition) is 3. The Kier molecular flexibility index (Phi) is 3.98. The molecule has 2 aromatic carbocycles. The van der Waals surface area contributed by atoms with Gasteiger partial charge in [-0.2, -0.15) is 0 Å². The largest absolute Gasteiger partial charge is 0.507 e. The second-order valence-electron chi connectivity index (χ2n) is 5.17. The van der Waals surface area contributed by atoms with Crippen molar-refractivity contribution in [1.29, 1.82) is 0 Å². The van der Waals surface area contributed by atoms with Crippen LogP contribution in [-0.2, 0) is 7.05 Å². The van der Waals surface area contributed by atoms with Crippen LogP contribution in [0.5, 0.6) is 11.6 Å². The number of aromatic hydroxyl groups is 2. The van der Waals surface area contributed by atoms with E-state index in [1.165, 1.54) is 18.2 Å². The second kappa shape index (κ2) is 5.97. The predicted octanol–water partition coefficient (Wildman–Crippen LogP) is 3.86. The number of fused-ring (bicyclic) bond motifs is 1. The second-order valence-corrected chi connectivity index (χ2v) is 6.09. The quantitative estimate of drug-likeness (QED) is 0.351. The van der Waals surface area contributed by atoms with E-state index in [1.807, 2.05) is 12.1 Å². The molecule has 0 spiro atoms. The fourth-order valence-electron chi connectivity index (χ4n) is 2.36. The van der Waals surface area contributed by atoms with Gasteiger partial charge in [-0.25, -0.2) is 0 Å². The summed E-state index contributed by atoms with van der Waals surface area (Å²) in [5.74, 6) is -1.11. The number of rotatable bonds is 2. The minimum Gasteiger partial charge on any atom is -0.507 e. The number of phenols is 1. The summed E-state index contributed by atoms with van der Waals surface area (Å²) >= 11 is 3.36. The number of aromatic nitrogens is 1. The summed E-state index contributed by atoms with van der Waals surface area (Å²) in [6, 6.07) is 9.51. The molecule has 1 aromatic heterocycles. The van der Waals surface area contributed by atoms with Gasteiger partial charge in [0.1, 0.15) is 5.75 Å². The smallest absolute Gasteiger partial charge is 0.299 e. The molecule has 0 aliphatic rings. The first kappa shape index (κ1) is 16.0. The number of azo groups is 1. The molecule has 4 N–H and O–H groups in total. The molecule has 8 heteroatoms. The maximum Gasteiger partial charge on any atom is 0.299 e. The van der Waals surface area contributed by atoms with Gasteiger partial charge in [-0.1, -0.05) is 15.9 Å². The highest BCUT2D eigenvalue weighted by Crippen LogP contribution is 2.39. The van der Waals surface area contributed by atoms with Crippen molar-refractivity contribution >= 4 is 44.1 Å². The third-order valence-corrected chi connectivity index (χ3v) is 4.09. The fourth-order valence-corrected chi connectivity index (χ4v) is 2.72. The molecule has 0 bridgehead atoms. The Morgan fingerprint density at radius 1 is 1.21 bits per heavy atom. The van der Waals surface area contributed by atoms with Crippen molar-refractivity contribution in [2.45, 2.75) is 0 Å². The number of benzene rings is 2. The van der Waals surface area contributed by atoms with Crippen molar-refractivity contribution in [3.63, 3.8) is 0 Å². The van der Waals surface area contributed by atoms with E-state index >= 15 is 0 Å². The average molecular weight is 389 g/mol. The number of nitrogens with two attached hydrogens (primary N) is 1. The molecule has 0 aliphatic heterocycles. The zero-order chi connectivity index (χ0) is 17.4. The zero-order valence-corrected chi connectivity index (χ0v) is 14.1. The molecule has 0 unspecified atom stereocenters. The van der Waals surface area contributed by atoms with Crippen LogP contribution in [-0.4, -0.2) is 20.7 Å². The van der Waals surface area contributed by atoms with Gasteiger partial charge in [-0.3, -0.25) is 4.79 Å². The van der Waals surface area contributed by atoms with Crippen LogP contribution in [0, 0.1) is 0 Å². The molecular weight excluding hydrogens is 376 g/mol. The first-order chi connectivity index (χ1) is 11.4. The number of halogens is 1. The monoisotopic (exact) mass is 388 g/mol. The number of hydrogen-bond acceptors (Lipinski definition) is 5. The highest BCUT2D eigenvalue weighted by Gasteiger charge is 2.16. The number of anilines is 1. The van der Waals surface area contributed by atoms with E-state index in [0.717, 1.165) is 9.99 Å². The van der Waals surface area contributed by atoms with Crippen LogP contribution in [0.1, 0.15) is 10.4 Å². The van der Waals surface area contributed by atoms with Crippen molar-refractivity contribution in [3.8, 4) is 11.6 Å². The molecule has 0 atom stereocenters. The summed E-state index contributed by atoms with van der Waals surface area (Å²) in [6.45, 7) is 0. The van der Waals surface area contributed by atoms with Gasteiger partial charge in [0, 0.05) is 22.6 Å². The summed E-state index contributed by atoms with van der Waals surface area (Å²) in [4.78, 5) is 12.1. The maximum atomic E-state index is 12.1. The van der Waals surface area contributed by atoms with Crippen molar-refractivity contribution in [2.75, 3.05) is 5.73 Å². The molecular formula is C16H13BrN4O3. The van der Waals surface area contributed by atoms with Crippen LogP contribution in [0.25, 0.3) is 10.9 Å². The number of amides is 1. The number of carbonyl (C=O) groups excluding carboxylic acids is 1. The number of carbonyl (C=O) groups is 1. The molecule has 0 fully saturated rings. The topological polar surface area (TPSA) is 113 Å². The van der Waals surface area contributed by atoms with Crippen molar-refractivity contribution in [3.05, 3.63) is 46.4 Å². The summed E-state index contributed by atoms with van der Waals surface area (Å²) in [7, 11) is 1.68. The molecule has 3 aromatic rings. The zero-order valence-electron chi connectivity index (χ0n) is 12.6. The van der Waals surface area contributed by atoms with Gasteiger partial charge in [-0.05, 0) is 36.4 Å². The number of phenolic OH excluding ortho intramolecular Hbond substituents is 1. The van der Waals surface area contributed by atoms with E-state index in [4.69, 9.17) is 5.73 Å². The van der Waals surface area contributed by atoms with Gasteiger partial charge in [0.2, 0.25) is 5.88 Å². The molecule has 0 saturated heterocycles. The van der Waals surface area contributed by atoms with E-state index in [2.05, 4.69) is 26.2 Å². The highest BCUT2D eigenvalue weighted by atomic mass is 79.9. The number of nitrogens with zero attached hydrogens (tertiary/aromatic N) is 3. The molecule has 1 amide bonds. The SMILES string of the molecule is Cn1c(O)c(N=NC(=O)c2cc(N)ccc2O)c2cc(Br)ccc21. The van der Waals surface area contributed by atoms with E-state index in [0.29, 0.717) is 11.1 Å². The summed E-state index contributed by atoms with van der Waals surface area (Å²) < 4.78 is 2.34. The lowest BCUT2D eigenvalue weighted by molar-refractivity contribution is 0.0992. The Morgan fingerprint density at radius 2 is 1.96 bits per heavy atom. The van der Waals surface area contributed by atoms with E-state index < -0.39 is 5.91 Å². The summed E-state index contributed by atoms with van der Waals surface area (Å²) in [5, 5.41) is 28.1. The Bertz CT molecular complexity index is 995. The summed E-state index contributed by atoms with van der Waals surface area (Å²) in [6.07, 6.45) is 0. The first-order valence-corrected chi connectivity index (χ1v) is 7.69. The molecule has 0 saturated carbocycles. The molecule has 1 heterocycles. The van der Waals surface area contributed by atoms with Gasteiger partial charge >= 0.3 is 0 Å². The summed E-state index contributed by atoms with van der Waals surface area (Å²) in [5.41, 5.74) is 6.79. The molecule has 122 valence electrons. The Labute approximate surface area is 145 Å². The van der Waals surface area contributed by atoms with E-state index in [9.17, 15) is 15.0 Å². The third kappa shape index (κ3) is 2.71. The minimum atomic E-state index is -0.758. The maximum absolute atomic E-state index is 12.1. The minimum absolute atomic E-state index is 0.0559. The van der Waals surface area contributed by atoms with Crippen LogP contribution in [0.2, 0.25) is 0 Å². The van der Waals surface area contributed by atoms with Crippen LogP contribution < -0.4 is 5.73 Å². The van der Waals surface area contributed by atoms with Gasteiger partial charge < -0.3 is 20.5 Å². The molecule has 0 aliphatic carbocycles. The standard InChI is InChI=1S/C16H13BrN4O3/c1-21-12-4-2-8(17)6-10(12)14(16(21)24)19-20-15(23)11-7-9(18)3-5-13(11)22/h2-7,22,24H,18H2,1H3. The predicted molar refractivity (Wildman–Crippen MR) is 93.6 cm³/mol. The van der Waals surface area contributed by atoms with Crippen molar-refractivity contribution < 1.29 is 15.0 Å². The van der Waals surface area contributed by atoms with Crippen molar-refractivity contribution in [2.24, 2.45) is 17.3 Å². The van der Waals surface area contributed by atoms with Gasteiger partial charge in [0.05, 0.1) is 11.1 Å². The Hall–Kier alpha value is -2.87. The van der Waals surface area contributed by atoms with Gasteiger partial charge in [-0.15, -0.1) is 10.2 Å². The van der Waals surface area contributed by atoms with Gasteiger partial charge in [0.15, 0.2) is 5.69 Å². The van der Waals surface area contributed by atoms with Crippen LogP contribution in [0.4, 0.5) is 11.4 Å². The molecule has 24 heavy (non-hydrogen) atoms. The molecule has 3 rings (SSSR count). The Balaban J connectivity index is 2.05. The van der Waals surface area contributed by atoms with Gasteiger partial charge in [0.25, 0.3) is 5.91 Å². The molecule has 7 nitrogen and oxygen atoms in total. The van der Waals surface area contributed by atoms with E-state index in [-0.39, 0.29) is 22.9 Å². The van der Waals surface area contributed by atoms with Crippen LogP contribution >= 0.6 is 15.9 Å². The van der Waals surface area contributed by atoms with E-state index in [1.54, 1.807) is 17.7 Å². The normalized spacial score (nSPS) is 11.4. The highest BCUT2D eigenvalue weighted by molar-refractivity contribution is 9.10. The number of aryl methyl sites for hydroxylation is 1. The van der Waals surface area contributed by atoms with Crippen LogP contribution in [0.3, 0.4) is 0 Å². The first-order valence-electron chi connectivity index (χ1n) is 6.90. The average Bonchev–Trinajstić information content (AvgIpc) is 2.78. The number of nitrogen functional groups attached to an aromatic ring is 1. The Morgan fingerprint density at radius 3 is 2.71 bits per heavy atom.